The van der Waals surface area contributed by atoms with E-state index in [0.29, 0.717) is 75.1 Å². The highest BCUT2D eigenvalue weighted by molar-refractivity contribution is 7.10. The lowest BCUT2D eigenvalue weighted by Gasteiger charge is -2.38. The monoisotopic (exact) mass is 1500 g/mol. The van der Waals surface area contributed by atoms with E-state index in [1.54, 1.807) is 0 Å². The van der Waals surface area contributed by atoms with E-state index >= 15 is 0 Å². The van der Waals surface area contributed by atoms with Crippen LogP contribution in [0, 0.1) is 17.8 Å². The van der Waals surface area contributed by atoms with Crippen molar-refractivity contribution in [2.75, 3.05) is 97.5 Å². The number of aromatic amines is 3. The van der Waals surface area contributed by atoms with Crippen LogP contribution in [0.3, 0.4) is 0 Å². The van der Waals surface area contributed by atoms with Gasteiger partial charge < -0.3 is 45.3 Å². The fourth-order valence-electron chi connectivity index (χ4n) is 12.0. The topological polar surface area (TPSA) is 328 Å². The second-order valence-corrected chi connectivity index (χ2v) is 29.5. The van der Waals surface area contributed by atoms with Crippen LogP contribution in [0.5, 0.6) is 0 Å². The van der Waals surface area contributed by atoms with E-state index in [2.05, 4.69) is 232 Å². The second kappa shape index (κ2) is 40.1. The Bertz CT molecular complexity index is 3570. The first-order valence-electron chi connectivity index (χ1n) is 33.8. The average molecular weight is 1500 g/mol. The van der Waals surface area contributed by atoms with Crippen LogP contribution in [0.2, 0.25) is 20.3 Å². The lowest BCUT2D eigenvalue weighted by molar-refractivity contribution is 0.0838. The van der Waals surface area contributed by atoms with Crippen molar-refractivity contribution in [3.8, 4) is 0 Å². The van der Waals surface area contributed by atoms with Crippen LogP contribution in [-0.2, 0) is 33.5 Å². The Morgan fingerprint density at radius 1 is 0.505 bits per heavy atom. The summed E-state index contributed by atoms with van der Waals surface area (Å²) in [6, 6.07) is 21.1. The number of nitrogen functional groups attached to an aromatic ring is 1. The summed E-state index contributed by atoms with van der Waals surface area (Å²) in [5.74, 6) is 4.50. The Hall–Kier alpha value is -6.68. The van der Waals surface area contributed by atoms with Crippen molar-refractivity contribution in [2.24, 2.45) is 17.8 Å². The number of halogens is 5. The van der Waals surface area contributed by atoms with Gasteiger partial charge in [0.1, 0.15) is 0 Å². The first-order valence-corrected chi connectivity index (χ1v) is 37.0. The average Bonchev–Trinajstić information content (AvgIpc) is 1.61. The van der Waals surface area contributed by atoms with Crippen LogP contribution < -0.4 is 31.1 Å². The van der Waals surface area contributed by atoms with Gasteiger partial charge in [0.25, 0.3) is 0 Å². The molecule has 3 fully saturated rings. The van der Waals surface area contributed by atoms with E-state index in [1.165, 1.54) is 39.8 Å². The summed E-state index contributed by atoms with van der Waals surface area (Å²) in [6.45, 7) is 27.8. The highest BCUT2D eigenvalue weighted by Crippen LogP contribution is 2.40. The Labute approximate surface area is 611 Å². The number of anilines is 8. The van der Waals surface area contributed by atoms with Gasteiger partial charge in [-0.3, -0.25) is 4.39 Å². The molecule has 538 valence electrons. The maximum atomic E-state index is 9.96. The standard InChI is InChI=1S/2C21H29ClN8OS.C19H30N6O.C2Cl2N2S.CH3F/c2*1-13(2)12-30(16-6-8-31-9-7-16)18-5-4-15(14(3)10-19-25-28-29-26-19)11-17(18)23-21-24-20(22)27-32-21;1-13(2)12-25(16-6-8-26-9-7-16)18-5-4-15(11-17(18)20)14(3)10-19-21-23-24-22-19;3-1-5-2(4)7-6-1;1-2/h2*4-5,11,13-14,16H,6-10,12H2,1-3H3,(H,23,24,27)(H,25,26,28,29);4-5,11,13-14,16H,6-10,12,20H2,1-3H3,(H,21,22,23,24);;1H3/t3*14-;;/m111../s1/i;;;;1D. The van der Waals surface area contributed by atoms with E-state index in [1.807, 2.05) is 0 Å². The van der Waals surface area contributed by atoms with Gasteiger partial charge in [-0.2, -0.15) is 43.7 Å². The van der Waals surface area contributed by atoms with Crippen molar-refractivity contribution in [2.45, 2.75) is 156 Å². The molecule has 0 radical (unpaired) electrons. The molecule has 0 unspecified atom stereocenters. The van der Waals surface area contributed by atoms with Crippen molar-refractivity contribution < 1.29 is 20.0 Å². The van der Waals surface area contributed by atoms with Gasteiger partial charge >= 0.3 is 0 Å². The van der Waals surface area contributed by atoms with Gasteiger partial charge in [0.15, 0.2) is 17.5 Å². The van der Waals surface area contributed by atoms with Gasteiger partial charge in [0.2, 0.25) is 30.6 Å². The van der Waals surface area contributed by atoms with Crippen molar-refractivity contribution in [3.05, 3.63) is 109 Å². The maximum Gasteiger partial charge on any atom is 0.236 e. The van der Waals surface area contributed by atoms with Gasteiger partial charge in [-0.05, 0) is 185 Å². The van der Waals surface area contributed by atoms with Crippen molar-refractivity contribution in [1.82, 2.24) is 89.9 Å². The number of ether oxygens (including phenoxy) is 3. The van der Waals surface area contributed by atoms with Gasteiger partial charge in [0, 0.05) is 120 Å². The minimum absolute atomic E-state index is 0.218. The Morgan fingerprint density at radius 3 is 1.10 bits per heavy atom. The molecule has 9 aromatic rings. The van der Waals surface area contributed by atoms with Crippen LogP contribution in [0.4, 0.5) is 48.8 Å². The number of aromatic nitrogens is 18. The molecule has 0 saturated carbocycles. The number of nitrogens with one attached hydrogen (secondary N) is 5. The molecule has 0 amide bonds. The first kappa shape index (κ1) is 76.5. The molecule has 7 N–H and O–H groups in total. The molecule has 35 heteroatoms. The number of nitrogens with two attached hydrogens (primary N) is 1. The van der Waals surface area contributed by atoms with E-state index in [4.69, 9.17) is 67.7 Å². The summed E-state index contributed by atoms with van der Waals surface area (Å²) >= 11 is 26.1. The molecule has 3 aromatic carbocycles. The predicted molar refractivity (Wildman–Crippen MR) is 394 cm³/mol. The number of hydrogen-bond acceptors (Lipinski definition) is 27. The summed E-state index contributed by atoms with van der Waals surface area (Å²) in [4.78, 5) is 19.7. The fourth-order valence-corrected chi connectivity index (χ4v) is 14.2. The highest BCUT2D eigenvalue weighted by Gasteiger charge is 2.29. The second-order valence-electron chi connectivity index (χ2n) is 25.6. The van der Waals surface area contributed by atoms with Crippen molar-refractivity contribution >= 4 is 125 Å². The summed E-state index contributed by atoms with van der Waals surface area (Å²) in [7, 11) is -1.00. The van der Waals surface area contributed by atoms with Gasteiger partial charge in [0.05, 0.1) is 42.6 Å². The molecule has 27 nitrogen and oxygen atoms in total. The van der Waals surface area contributed by atoms with E-state index in [9.17, 15) is 4.39 Å². The molecule has 99 heavy (non-hydrogen) atoms. The number of H-pyrrole nitrogens is 3. The number of nitrogens with zero attached hydrogens (tertiary/aromatic N) is 18. The zero-order valence-corrected chi connectivity index (χ0v) is 62.8. The highest BCUT2D eigenvalue weighted by atomic mass is 35.5. The zero-order chi connectivity index (χ0) is 71.5. The van der Waals surface area contributed by atoms with Crippen LogP contribution in [0.25, 0.3) is 0 Å². The lowest BCUT2D eigenvalue weighted by atomic mass is 9.95. The normalized spacial score (nSPS) is 15.5. The molecule has 0 aliphatic carbocycles. The molecular weight excluding hydrogens is 1410 g/mol. The van der Waals surface area contributed by atoms with Crippen LogP contribution in [0.1, 0.15) is 154 Å². The Balaban J connectivity index is 0.000000179. The molecule has 3 atom stereocenters. The Morgan fingerprint density at radius 2 is 0.828 bits per heavy atom. The van der Waals surface area contributed by atoms with E-state index in [-0.39, 0.29) is 33.6 Å². The molecule has 12 rings (SSSR count). The molecule has 0 bridgehead atoms. The molecule has 3 aliphatic heterocycles. The quantitative estimate of drug-likeness (QED) is 0.0290. The number of hydrogen-bond donors (Lipinski definition) is 6. The van der Waals surface area contributed by atoms with E-state index in [0.717, 1.165) is 156 Å². The first-order chi connectivity index (χ1) is 48.2. The summed E-state index contributed by atoms with van der Waals surface area (Å²) < 4.78 is 44.5. The summed E-state index contributed by atoms with van der Waals surface area (Å²) in [6.07, 6.45) is 8.35. The number of alkyl halides is 1. The van der Waals surface area contributed by atoms with Crippen molar-refractivity contribution in [1.29, 1.82) is 0 Å². The maximum absolute atomic E-state index is 9.96. The summed E-state index contributed by atoms with van der Waals surface area (Å²) in [5, 5.41) is 52.0. The lowest BCUT2D eigenvalue weighted by Crippen LogP contribution is -2.42. The third-order valence-electron chi connectivity index (χ3n) is 16.6. The third-order valence-corrected chi connectivity index (χ3v) is 19.5. The molecular formula is C64H91Cl4FN24O3S3. The minimum Gasteiger partial charge on any atom is -0.397 e. The predicted octanol–water partition coefficient (Wildman–Crippen LogP) is 14.1. The van der Waals surface area contributed by atoms with Gasteiger partial charge in [-0.1, -0.05) is 96.2 Å². The van der Waals surface area contributed by atoms with E-state index < -0.39 is 7.15 Å². The van der Waals surface area contributed by atoms with Crippen LogP contribution >= 0.6 is 81.0 Å². The number of tetrazole rings is 3. The molecule has 9 heterocycles. The van der Waals surface area contributed by atoms with Crippen molar-refractivity contribution in [3.63, 3.8) is 0 Å². The molecule has 3 aliphatic rings. The van der Waals surface area contributed by atoms with Crippen LogP contribution in [-0.4, -0.2) is 174 Å². The largest absolute Gasteiger partial charge is 0.397 e. The number of benzene rings is 3. The Kier molecular flexibility index (Phi) is 31.0. The third kappa shape index (κ3) is 24.5. The smallest absolute Gasteiger partial charge is 0.236 e. The SMILES string of the molecule is CC(C)CN(c1ccc([C@H](C)Cc2nn[nH]n2)cc1N)C1CCOCC1.CC(C)CN(c1ccc([C@H](C)Cc2nn[nH]n2)cc1Nc1nc(Cl)ns1)C1CCOCC1.CC(C)CN(c1ccc([C@H](C)Cc2nn[nH]n2)cc1Nc1nc(Cl)ns1)C1CCOCC1.Clc1nsc(Cl)n1.[2H]CF. The molecule has 6 aromatic heterocycles. The van der Waals surface area contributed by atoms with Gasteiger partial charge in [-0.25, -0.2) is 0 Å². The zero-order valence-electron chi connectivity index (χ0n) is 58.3. The summed E-state index contributed by atoms with van der Waals surface area (Å²) in [5.41, 5.74) is 16.4. The molecule has 0 spiro atoms. The fraction of sp³-hybridized carbons (Fsp3) is 0.578. The van der Waals surface area contributed by atoms with Crippen LogP contribution in [0.15, 0.2) is 54.6 Å². The number of rotatable bonds is 25. The minimum atomic E-state index is -1.00. The molecule has 3 saturated heterocycles. The van der Waals surface area contributed by atoms with Gasteiger partial charge in [-0.15, -0.1) is 30.6 Å².